The van der Waals surface area contributed by atoms with Gasteiger partial charge >= 0.3 is 0 Å². The van der Waals surface area contributed by atoms with Crippen LogP contribution in [0, 0.1) is 0 Å². The van der Waals surface area contributed by atoms with E-state index in [4.69, 9.17) is 0 Å². The fraction of sp³-hybridized carbons (Fsp3) is 0.500. The third kappa shape index (κ3) is 2.76. The molecule has 0 aromatic heterocycles. The lowest BCUT2D eigenvalue weighted by molar-refractivity contribution is 0.685. The molecule has 0 aromatic rings. The van der Waals surface area contributed by atoms with Gasteiger partial charge < -0.3 is 5.32 Å². The molecule has 2 rings (SSSR count). The summed E-state index contributed by atoms with van der Waals surface area (Å²) in [7, 11) is 0. The Hall–Kier alpha value is -0.980. The van der Waals surface area contributed by atoms with Crippen molar-refractivity contribution in [1.82, 2.24) is 5.32 Å². The smallest absolute Gasteiger partial charge is 0.0369 e. The second kappa shape index (κ2) is 5.63. The zero-order valence-corrected chi connectivity index (χ0v) is 8.64. The Balaban J connectivity index is 0.000000531. The lowest BCUT2D eigenvalue weighted by Crippen LogP contribution is -2.19. The van der Waals surface area contributed by atoms with E-state index in [1.807, 2.05) is 13.8 Å². The first-order valence-corrected chi connectivity index (χ1v) is 5.27. The minimum absolute atomic E-state index is 0. The molecule has 1 heteroatoms. The molecule has 0 atom stereocenters. The second-order valence-corrected chi connectivity index (χ2v) is 3.01. The van der Waals surface area contributed by atoms with Crippen molar-refractivity contribution >= 4 is 0 Å². The molecule has 0 saturated carbocycles. The normalized spacial score (nSPS) is 19.5. The fourth-order valence-electron chi connectivity index (χ4n) is 1.56. The molecule has 0 aromatic carbocycles. The van der Waals surface area contributed by atoms with Crippen LogP contribution in [0.25, 0.3) is 0 Å². The zero-order valence-electron chi connectivity index (χ0n) is 8.64. The van der Waals surface area contributed by atoms with Crippen LogP contribution in [0.4, 0.5) is 0 Å². The third-order valence-electron chi connectivity index (χ3n) is 2.16. The van der Waals surface area contributed by atoms with Crippen molar-refractivity contribution in [3.63, 3.8) is 0 Å². The lowest BCUT2D eigenvalue weighted by Gasteiger charge is -2.16. The average Bonchev–Trinajstić information content (AvgIpc) is 2.45. The van der Waals surface area contributed by atoms with Gasteiger partial charge in [0, 0.05) is 13.7 Å². The summed E-state index contributed by atoms with van der Waals surface area (Å²) in [6.07, 6.45) is 12.5. The molecule has 1 nitrogen and oxygen atoms in total. The van der Waals surface area contributed by atoms with Crippen LogP contribution in [0.15, 0.2) is 35.6 Å². The van der Waals surface area contributed by atoms with Crippen molar-refractivity contribution in [2.45, 2.75) is 33.1 Å². The van der Waals surface area contributed by atoms with Crippen LogP contribution in [-0.2, 0) is 0 Å². The minimum Gasteiger partial charge on any atom is -0.385 e. The summed E-state index contributed by atoms with van der Waals surface area (Å²) in [6, 6.07) is 0. The lowest BCUT2D eigenvalue weighted by atomic mass is 10.0. The summed E-state index contributed by atoms with van der Waals surface area (Å²) >= 11 is 0. The molecular weight excluding hydrogens is 158 g/mol. The molecule has 1 aliphatic carbocycles. The molecule has 0 bridgehead atoms. The van der Waals surface area contributed by atoms with E-state index in [-0.39, 0.29) is 1.43 Å². The largest absolute Gasteiger partial charge is 0.385 e. The summed E-state index contributed by atoms with van der Waals surface area (Å²) in [6.45, 7) is 5.14. The number of hydrogen-bond donors (Lipinski definition) is 1. The number of nitrogens with one attached hydrogen (secondary N) is 1. The van der Waals surface area contributed by atoms with Gasteiger partial charge in [0.15, 0.2) is 0 Å². The van der Waals surface area contributed by atoms with Gasteiger partial charge in [-0.2, -0.15) is 0 Å². The number of allylic oxidation sites excluding steroid dienone is 5. The van der Waals surface area contributed by atoms with Crippen molar-refractivity contribution in [2.75, 3.05) is 6.54 Å². The highest BCUT2D eigenvalue weighted by molar-refractivity contribution is 5.36. The molecule has 0 fully saturated rings. The van der Waals surface area contributed by atoms with E-state index in [9.17, 15) is 0 Å². The fourth-order valence-corrected chi connectivity index (χ4v) is 1.56. The summed E-state index contributed by atoms with van der Waals surface area (Å²) in [5.74, 6) is 0. The van der Waals surface area contributed by atoms with Crippen LogP contribution in [0.2, 0.25) is 0 Å². The Kier molecular flexibility index (Phi) is 4.37. The molecular formula is C12H21N. The van der Waals surface area contributed by atoms with Gasteiger partial charge in [0.2, 0.25) is 0 Å². The van der Waals surface area contributed by atoms with Gasteiger partial charge in [-0.1, -0.05) is 32.1 Å². The maximum Gasteiger partial charge on any atom is 0.0369 e. The van der Waals surface area contributed by atoms with E-state index in [1.54, 1.807) is 0 Å². The predicted molar refractivity (Wildman–Crippen MR) is 60.6 cm³/mol. The van der Waals surface area contributed by atoms with E-state index >= 15 is 0 Å². The summed E-state index contributed by atoms with van der Waals surface area (Å²) in [5, 5.41) is 3.40. The molecule has 0 radical (unpaired) electrons. The Morgan fingerprint density at radius 2 is 2.00 bits per heavy atom. The molecule has 74 valence electrons. The monoisotopic (exact) mass is 179 g/mol. The summed E-state index contributed by atoms with van der Waals surface area (Å²) in [5.41, 5.74) is 2.81. The topological polar surface area (TPSA) is 12.0 Å². The first-order valence-electron chi connectivity index (χ1n) is 5.27. The Labute approximate surface area is 82.7 Å². The highest BCUT2D eigenvalue weighted by Gasteiger charge is 2.07. The van der Waals surface area contributed by atoms with Gasteiger partial charge in [0.25, 0.3) is 0 Å². The van der Waals surface area contributed by atoms with E-state index in [2.05, 4.69) is 29.6 Å². The van der Waals surface area contributed by atoms with Gasteiger partial charge in [0.05, 0.1) is 0 Å². The van der Waals surface area contributed by atoms with Crippen LogP contribution < -0.4 is 5.32 Å². The van der Waals surface area contributed by atoms with E-state index in [0.29, 0.717) is 0 Å². The highest BCUT2D eigenvalue weighted by atomic mass is 14.9. The van der Waals surface area contributed by atoms with Gasteiger partial charge in [-0.3, -0.25) is 0 Å². The average molecular weight is 179 g/mol. The minimum atomic E-state index is 0. The van der Waals surface area contributed by atoms with E-state index in [0.717, 1.165) is 13.0 Å². The second-order valence-electron chi connectivity index (χ2n) is 3.01. The van der Waals surface area contributed by atoms with Gasteiger partial charge in [-0.15, -0.1) is 0 Å². The highest BCUT2D eigenvalue weighted by Crippen LogP contribution is 2.19. The first kappa shape index (κ1) is 10.1. The van der Waals surface area contributed by atoms with Gasteiger partial charge in [-0.25, -0.2) is 0 Å². The first-order chi connectivity index (χ1) is 6.47. The molecule has 0 saturated heterocycles. The molecule has 0 unspecified atom stereocenters. The van der Waals surface area contributed by atoms with Crippen molar-refractivity contribution < 1.29 is 1.43 Å². The van der Waals surface area contributed by atoms with E-state index < -0.39 is 0 Å². The van der Waals surface area contributed by atoms with Crippen LogP contribution in [0.3, 0.4) is 0 Å². The maximum atomic E-state index is 3.40. The van der Waals surface area contributed by atoms with Crippen molar-refractivity contribution in [2.24, 2.45) is 0 Å². The molecule has 1 aliphatic heterocycles. The third-order valence-corrected chi connectivity index (χ3v) is 2.16. The standard InChI is InChI=1S/C10H13N.C2H6.H2/c1-2-5-9-6-4-8-11-10(9)7-3-1;1-2;/h2-3,5,7,11H,1,4,6,8H2;1-2H3;1H. The quantitative estimate of drug-likeness (QED) is 0.601. The molecule has 13 heavy (non-hydrogen) atoms. The van der Waals surface area contributed by atoms with Crippen molar-refractivity contribution in [1.29, 1.82) is 0 Å². The summed E-state index contributed by atoms with van der Waals surface area (Å²) < 4.78 is 0. The molecule has 0 spiro atoms. The zero-order chi connectivity index (χ0) is 9.52. The molecule has 1 heterocycles. The van der Waals surface area contributed by atoms with Crippen molar-refractivity contribution in [3.05, 3.63) is 35.6 Å². The Morgan fingerprint density at radius 3 is 2.85 bits per heavy atom. The van der Waals surface area contributed by atoms with Crippen LogP contribution in [-0.4, -0.2) is 6.54 Å². The predicted octanol–water partition coefficient (Wildman–Crippen LogP) is 3.41. The number of rotatable bonds is 0. The van der Waals surface area contributed by atoms with Crippen LogP contribution in [0.5, 0.6) is 0 Å². The summed E-state index contributed by atoms with van der Waals surface area (Å²) in [4.78, 5) is 0. The number of hydrogen-bond acceptors (Lipinski definition) is 1. The van der Waals surface area contributed by atoms with Gasteiger partial charge in [0.1, 0.15) is 0 Å². The van der Waals surface area contributed by atoms with Crippen molar-refractivity contribution in [3.8, 4) is 0 Å². The maximum absolute atomic E-state index is 3.40. The van der Waals surface area contributed by atoms with Crippen LogP contribution >= 0.6 is 0 Å². The Bertz CT molecular complexity index is 215. The SMILES string of the molecule is C1=CC2=C(C=CC1)NCCC2.CC.[HH]. The Morgan fingerprint density at radius 1 is 1.23 bits per heavy atom. The van der Waals surface area contributed by atoms with E-state index in [1.165, 1.54) is 24.1 Å². The molecule has 2 aliphatic rings. The molecule has 1 N–H and O–H groups in total. The molecule has 0 amide bonds. The van der Waals surface area contributed by atoms with Gasteiger partial charge in [-0.05, 0) is 30.9 Å². The van der Waals surface area contributed by atoms with Crippen LogP contribution in [0.1, 0.15) is 34.5 Å².